The second kappa shape index (κ2) is 11.5. The van der Waals surface area contributed by atoms with E-state index in [1.165, 1.54) is 55.1 Å². The van der Waals surface area contributed by atoms with Gasteiger partial charge in [0.2, 0.25) is 0 Å². The highest BCUT2D eigenvalue weighted by Gasteiger charge is 2.16. The Balaban J connectivity index is 1.40. The maximum Gasteiger partial charge on any atom is 0.308 e. The minimum Gasteiger partial charge on any atom is -0.496 e. The maximum atomic E-state index is 11.3. The van der Waals surface area contributed by atoms with E-state index in [1.54, 1.807) is 7.11 Å². The highest BCUT2D eigenvalue weighted by Crippen LogP contribution is 2.31. The second-order valence-electron chi connectivity index (χ2n) is 9.50. The lowest BCUT2D eigenvalue weighted by Crippen LogP contribution is -2.18. The molecule has 0 spiro atoms. The number of para-hydroxylation sites is 1. The Labute approximate surface area is 218 Å². The number of aromatic nitrogens is 1. The molecule has 1 aromatic heterocycles. The molecule has 0 amide bonds. The van der Waals surface area contributed by atoms with Crippen LogP contribution >= 0.6 is 0 Å². The van der Waals surface area contributed by atoms with Gasteiger partial charge in [-0.3, -0.25) is 9.69 Å². The van der Waals surface area contributed by atoms with Crippen LogP contribution in [0.5, 0.6) is 11.5 Å². The Hall–Kier alpha value is -3.77. The van der Waals surface area contributed by atoms with E-state index < -0.39 is 0 Å². The molecule has 3 aromatic carbocycles. The van der Waals surface area contributed by atoms with Crippen LogP contribution in [0.2, 0.25) is 0 Å². The van der Waals surface area contributed by atoms with Crippen LogP contribution in [0.15, 0.2) is 72.8 Å². The molecule has 5 rings (SSSR count). The van der Waals surface area contributed by atoms with Gasteiger partial charge in [0.15, 0.2) is 0 Å². The van der Waals surface area contributed by atoms with E-state index in [4.69, 9.17) is 9.47 Å². The van der Waals surface area contributed by atoms with Crippen molar-refractivity contribution >= 4 is 16.9 Å². The number of benzene rings is 3. The summed E-state index contributed by atoms with van der Waals surface area (Å²) in [5, 5.41) is 1.20. The van der Waals surface area contributed by atoms with Crippen molar-refractivity contribution in [1.82, 2.24) is 9.47 Å². The highest BCUT2D eigenvalue weighted by atomic mass is 16.5. The molecular formula is C31H34N2O4. The number of ether oxygens (including phenoxy) is 3. The predicted molar refractivity (Wildman–Crippen MR) is 146 cm³/mol. The Kier molecular flexibility index (Phi) is 7.76. The van der Waals surface area contributed by atoms with Gasteiger partial charge in [-0.2, -0.15) is 0 Å². The number of hydrogen-bond acceptors (Lipinski definition) is 5. The molecule has 6 nitrogen and oxygen atoms in total. The lowest BCUT2D eigenvalue weighted by Gasteiger charge is -2.18. The van der Waals surface area contributed by atoms with Gasteiger partial charge in [0.05, 0.1) is 27.2 Å². The van der Waals surface area contributed by atoms with E-state index in [2.05, 4.69) is 74.9 Å². The molecule has 0 saturated carbocycles. The van der Waals surface area contributed by atoms with Gasteiger partial charge in [0, 0.05) is 35.2 Å². The molecule has 1 saturated heterocycles. The zero-order valence-electron chi connectivity index (χ0n) is 21.6. The number of methoxy groups -OCH3 is 2. The molecule has 0 bridgehead atoms. The Morgan fingerprint density at radius 2 is 1.68 bits per heavy atom. The van der Waals surface area contributed by atoms with E-state index in [-0.39, 0.29) is 12.4 Å². The van der Waals surface area contributed by atoms with Crippen LogP contribution in [-0.2, 0) is 22.6 Å². The number of carbonyl (C=O) groups is 1. The Morgan fingerprint density at radius 1 is 0.892 bits per heavy atom. The number of nitrogens with zero attached hydrogens (tertiary/aromatic N) is 2. The number of esters is 1. The third-order valence-corrected chi connectivity index (χ3v) is 7.05. The summed E-state index contributed by atoms with van der Waals surface area (Å²) < 4.78 is 18.6. The molecule has 0 N–H and O–H groups in total. The van der Waals surface area contributed by atoms with Gasteiger partial charge in [-0.1, -0.05) is 30.3 Å². The summed E-state index contributed by atoms with van der Waals surface area (Å²) in [5.41, 5.74) is 5.88. The number of likely N-dealkylation sites (tertiary alicyclic amines) is 1. The summed E-state index contributed by atoms with van der Waals surface area (Å²) in [6.45, 7) is 4.30. The molecule has 2 heterocycles. The first kappa shape index (κ1) is 24.9. The quantitative estimate of drug-likeness (QED) is 0.255. The van der Waals surface area contributed by atoms with Gasteiger partial charge in [0.25, 0.3) is 0 Å². The molecule has 0 aliphatic carbocycles. The summed E-state index contributed by atoms with van der Waals surface area (Å²) >= 11 is 0. The van der Waals surface area contributed by atoms with Gasteiger partial charge in [-0.15, -0.1) is 0 Å². The largest absolute Gasteiger partial charge is 0.496 e. The minimum absolute atomic E-state index is 0.229. The summed E-state index contributed by atoms with van der Waals surface area (Å²) in [4.78, 5) is 13.8. The standard InChI is InChI=1S/C31H34N2O4/c1-35-30-19-23(9-10-26(30)22-32-16-5-6-17-32)21-33-28-8-4-3-7-25(28)20-29(33)24-11-13-27(14-12-24)37-18-15-31(34)36-2/h3-4,7-14,19-20H,5-6,15-18,21-22H2,1-2H3. The summed E-state index contributed by atoms with van der Waals surface area (Å²) in [6.07, 6.45) is 2.79. The van der Waals surface area contributed by atoms with Crippen LogP contribution in [0.4, 0.5) is 0 Å². The fraction of sp³-hybridized carbons (Fsp3) is 0.323. The number of carbonyl (C=O) groups excluding carboxylic acids is 1. The van der Waals surface area contributed by atoms with Crippen molar-refractivity contribution in [3.63, 3.8) is 0 Å². The van der Waals surface area contributed by atoms with Crippen LogP contribution in [0.1, 0.15) is 30.4 Å². The van der Waals surface area contributed by atoms with Crippen molar-refractivity contribution in [3.8, 4) is 22.8 Å². The fourth-order valence-corrected chi connectivity index (χ4v) is 5.08. The molecular weight excluding hydrogens is 464 g/mol. The average Bonchev–Trinajstić information content (AvgIpc) is 3.58. The Bertz CT molecular complexity index is 1350. The average molecular weight is 499 g/mol. The molecule has 0 radical (unpaired) electrons. The van der Waals surface area contributed by atoms with E-state index in [9.17, 15) is 4.79 Å². The first-order chi connectivity index (χ1) is 18.1. The maximum absolute atomic E-state index is 11.3. The van der Waals surface area contributed by atoms with E-state index in [1.807, 2.05) is 12.1 Å². The van der Waals surface area contributed by atoms with Crippen LogP contribution < -0.4 is 9.47 Å². The summed E-state index contributed by atoms with van der Waals surface area (Å²) in [5.74, 6) is 1.41. The number of hydrogen-bond donors (Lipinski definition) is 0. The van der Waals surface area contributed by atoms with Gasteiger partial charge in [0.1, 0.15) is 11.5 Å². The monoisotopic (exact) mass is 498 g/mol. The van der Waals surface area contributed by atoms with Crippen molar-refractivity contribution in [2.75, 3.05) is 33.9 Å². The van der Waals surface area contributed by atoms with Crippen LogP contribution in [0.3, 0.4) is 0 Å². The first-order valence-electron chi connectivity index (χ1n) is 12.9. The van der Waals surface area contributed by atoms with Crippen LogP contribution in [0, 0.1) is 0 Å². The molecule has 4 aromatic rings. The molecule has 1 aliphatic rings. The number of rotatable bonds is 10. The molecule has 0 unspecified atom stereocenters. The zero-order valence-corrected chi connectivity index (χ0v) is 21.6. The molecule has 1 fully saturated rings. The Morgan fingerprint density at radius 3 is 2.43 bits per heavy atom. The van der Waals surface area contributed by atoms with Gasteiger partial charge in [-0.05, 0) is 79.5 Å². The molecule has 1 aliphatic heterocycles. The van der Waals surface area contributed by atoms with Crippen LogP contribution in [0.25, 0.3) is 22.2 Å². The predicted octanol–water partition coefficient (Wildman–Crippen LogP) is 5.90. The smallest absolute Gasteiger partial charge is 0.308 e. The zero-order chi connectivity index (χ0) is 25.6. The summed E-state index contributed by atoms with van der Waals surface area (Å²) in [7, 11) is 3.15. The van der Waals surface area contributed by atoms with Gasteiger partial charge >= 0.3 is 5.97 Å². The number of fused-ring (bicyclic) bond motifs is 1. The summed E-state index contributed by atoms with van der Waals surface area (Å²) in [6, 6.07) is 25.4. The van der Waals surface area contributed by atoms with Crippen molar-refractivity contribution in [2.45, 2.75) is 32.4 Å². The van der Waals surface area contributed by atoms with Crippen molar-refractivity contribution in [2.24, 2.45) is 0 Å². The third kappa shape index (κ3) is 5.81. The lowest BCUT2D eigenvalue weighted by atomic mass is 10.1. The highest BCUT2D eigenvalue weighted by molar-refractivity contribution is 5.87. The SMILES string of the molecule is COC(=O)CCOc1ccc(-c2cc3ccccc3n2Cc2ccc(CN3CCCC3)c(OC)c2)cc1. The van der Waals surface area contributed by atoms with Gasteiger partial charge < -0.3 is 18.8 Å². The molecule has 192 valence electrons. The topological polar surface area (TPSA) is 52.9 Å². The molecule has 6 heteroatoms. The van der Waals surface area contributed by atoms with Gasteiger partial charge in [-0.25, -0.2) is 0 Å². The van der Waals surface area contributed by atoms with E-state index >= 15 is 0 Å². The van der Waals surface area contributed by atoms with Crippen molar-refractivity contribution in [3.05, 3.63) is 83.9 Å². The van der Waals surface area contributed by atoms with Crippen LogP contribution in [-0.4, -0.2) is 49.4 Å². The minimum atomic E-state index is -0.276. The first-order valence-corrected chi connectivity index (χ1v) is 12.9. The third-order valence-electron chi connectivity index (χ3n) is 7.05. The van der Waals surface area contributed by atoms with E-state index in [0.29, 0.717) is 6.61 Å². The molecule has 0 atom stereocenters. The normalized spacial score (nSPS) is 13.7. The second-order valence-corrected chi connectivity index (χ2v) is 9.50. The van der Waals surface area contributed by atoms with Crippen molar-refractivity contribution < 1.29 is 19.0 Å². The molecule has 37 heavy (non-hydrogen) atoms. The lowest BCUT2D eigenvalue weighted by molar-refractivity contribution is -0.141. The van der Waals surface area contributed by atoms with E-state index in [0.717, 1.165) is 35.8 Å². The fourth-order valence-electron chi connectivity index (χ4n) is 5.08. The van der Waals surface area contributed by atoms with Crippen molar-refractivity contribution in [1.29, 1.82) is 0 Å².